The highest BCUT2D eigenvalue weighted by atomic mass is 16.5. The van der Waals surface area contributed by atoms with E-state index in [2.05, 4.69) is 27.7 Å². The van der Waals surface area contributed by atoms with Crippen LogP contribution in [0.3, 0.4) is 0 Å². The van der Waals surface area contributed by atoms with Crippen molar-refractivity contribution in [1.29, 1.82) is 0 Å². The van der Waals surface area contributed by atoms with Gasteiger partial charge in [-0.3, -0.25) is 4.79 Å². The van der Waals surface area contributed by atoms with Crippen LogP contribution in [-0.2, 0) is 0 Å². The minimum Gasteiger partial charge on any atom is -0.352 e. The van der Waals surface area contributed by atoms with E-state index in [1.165, 1.54) is 0 Å². The monoisotopic (exact) mass is 224 g/mol. The van der Waals surface area contributed by atoms with E-state index in [0.717, 1.165) is 19.4 Å². The average Bonchev–Trinajstić information content (AvgIpc) is 2.77. The largest absolute Gasteiger partial charge is 0.352 e. The molecule has 0 bridgehead atoms. The summed E-state index contributed by atoms with van der Waals surface area (Å²) in [7, 11) is 1.54. The van der Waals surface area contributed by atoms with Gasteiger partial charge in [0, 0.05) is 7.05 Å². The van der Waals surface area contributed by atoms with Crippen molar-refractivity contribution < 1.29 is 9.32 Å². The molecule has 1 saturated heterocycles. The van der Waals surface area contributed by atoms with Crippen molar-refractivity contribution in [2.75, 3.05) is 13.6 Å². The molecule has 16 heavy (non-hydrogen) atoms. The van der Waals surface area contributed by atoms with Gasteiger partial charge in [-0.05, 0) is 25.3 Å². The summed E-state index contributed by atoms with van der Waals surface area (Å²) in [6, 6.07) is 0.0784. The highest BCUT2D eigenvalue weighted by Crippen LogP contribution is 2.25. The fourth-order valence-corrected chi connectivity index (χ4v) is 1.88. The number of rotatable bonds is 2. The molecule has 6 nitrogen and oxygen atoms in total. The van der Waals surface area contributed by atoms with Crippen LogP contribution in [0.1, 0.15) is 42.3 Å². The number of aromatic nitrogens is 2. The highest BCUT2D eigenvalue weighted by molar-refractivity contribution is 5.89. The van der Waals surface area contributed by atoms with E-state index in [1.807, 2.05) is 0 Å². The van der Waals surface area contributed by atoms with Crippen molar-refractivity contribution in [3.8, 4) is 0 Å². The fourth-order valence-electron chi connectivity index (χ4n) is 1.88. The molecule has 1 aromatic rings. The van der Waals surface area contributed by atoms with Crippen molar-refractivity contribution >= 4 is 5.91 Å². The number of hydrogen-bond donors (Lipinski definition) is 2. The van der Waals surface area contributed by atoms with Gasteiger partial charge in [0.25, 0.3) is 11.7 Å². The molecule has 2 atom stereocenters. The third-order valence-electron chi connectivity index (χ3n) is 2.84. The van der Waals surface area contributed by atoms with Crippen LogP contribution in [0.15, 0.2) is 4.52 Å². The van der Waals surface area contributed by atoms with E-state index in [1.54, 1.807) is 7.05 Å². The molecule has 0 spiro atoms. The fraction of sp³-hybridized carbons (Fsp3) is 0.700. The van der Waals surface area contributed by atoms with Gasteiger partial charge in [0.15, 0.2) is 0 Å². The molecule has 6 heteroatoms. The third kappa shape index (κ3) is 2.21. The minimum atomic E-state index is -0.321. The van der Waals surface area contributed by atoms with E-state index in [4.69, 9.17) is 4.52 Å². The summed E-state index contributed by atoms with van der Waals surface area (Å²) in [4.78, 5) is 15.3. The zero-order valence-electron chi connectivity index (χ0n) is 9.49. The molecular weight excluding hydrogens is 208 g/mol. The Kier molecular flexibility index (Phi) is 3.19. The molecule has 2 rings (SSSR count). The van der Waals surface area contributed by atoms with Crippen molar-refractivity contribution in [2.45, 2.75) is 25.8 Å². The lowest BCUT2D eigenvalue weighted by Gasteiger charge is -2.25. The summed E-state index contributed by atoms with van der Waals surface area (Å²) >= 11 is 0. The molecule has 1 aliphatic rings. The lowest BCUT2D eigenvalue weighted by molar-refractivity contribution is 0.0950. The summed E-state index contributed by atoms with van der Waals surface area (Å²) in [5, 5.41) is 9.42. The van der Waals surface area contributed by atoms with Gasteiger partial charge in [0.2, 0.25) is 5.89 Å². The number of nitrogens with zero attached hydrogens (tertiary/aromatic N) is 2. The number of nitrogens with one attached hydrogen (secondary N) is 2. The summed E-state index contributed by atoms with van der Waals surface area (Å²) in [6.07, 6.45) is 2.13. The SMILES string of the molecule is CNC(=O)c1noc(C2CC(C)CCN2)n1. The molecule has 2 heterocycles. The zero-order valence-corrected chi connectivity index (χ0v) is 9.49. The van der Waals surface area contributed by atoms with E-state index in [9.17, 15) is 4.79 Å². The Labute approximate surface area is 93.8 Å². The van der Waals surface area contributed by atoms with Crippen LogP contribution >= 0.6 is 0 Å². The smallest absolute Gasteiger partial charge is 0.292 e. The first-order valence-electron chi connectivity index (χ1n) is 5.49. The van der Waals surface area contributed by atoms with Crippen molar-refractivity contribution in [1.82, 2.24) is 20.8 Å². The number of carbonyl (C=O) groups is 1. The molecular formula is C10H16N4O2. The topological polar surface area (TPSA) is 80.0 Å². The van der Waals surface area contributed by atoms with Crippen LogP contribution < -0.4 is 10.6 Å². The molecule has 0 aliphatic carbocycles. The van der Waals surface area contributed by atoms with Crippen LogP contribution in [0.4, 0.5) is 0 Å². The van der Waals surface area contributed by atoms with Crippen LogP contribution in [0, 0.1) is 5.92 Å². The molecule has 1 aromatic heterocycles. The van der Waals surface area contributed by atoms with Crippen LogP contribution in [0.2, 0.25) is 0 Å². The molecule has 2 unspecified atom stereocenters. The Balaban J connectivity index is 2.09. The maximum Gasteiger partial charge on any atom is 0.292 e. The van der Waals surface area contributed by atoms with Crippen molar-refractivity contribution in [3.05, 3.63) is 11.7 Å². The quantitative estimate of drug-likeness (QED) is 0.764. The van der Waals surface area contributed by atoms with E-state index in [-0.39, 0.29) is 17.8 Å². The van der Waals surface area contributed by atoms with Gasteiger partial charge < -0.3 is 15.2 Å². The van der Waals surface area contributed by atoms with Crippen LogP contribution in [-0.4, -0.2) is 29.6 Å². The van der Waals surface area contributed by atoms with Crippen molar-refractivity contribution in [3.63, 3.8) is 0 Å². The van der Waals surface area contributed by atoms with E-state index in [0.29, 0.717) is 11.8 Å². The second-order valence-electron chi connectivity index (χ2n) is 4.17. The molecule has 1 fully saturated rings. The summed E-state index contributed by atoms with van der Waals surface area (Å²) < 4.78 is 5.09. The Morgan fingerprint density at radius 3 is 3.12 bits per heavy atom. The first-order valence-corrected chi connectivity index (χ1v) is 5.49. The average molecular weight is 224 g/mol. The van der Waals surface area contributed by atoms with Gasteiger partial charge in [-0.2, -0.15) is 4.98 Å². The molecule has 1 amide bonds. The van der Waals surface area contributed by atoms with Gasteiger partial charge in [0.05, 0.1) is 6.04 Å². The van der Waals surface area contributed by atoms with Gasteiger partial charge in [-0.1, -0.05) is 12.1 Å². The number of hydrogen-bond acceptors (Lipinski definition) is 5. The maximum absolute atomic E-state index is 11.3. The summed E-state index contributed by atoms with van der Waals surface area (Å²) in [5.41, 5.74) is 0. The summed E-state index contributed by atoms with van der Waals surface area (Å²) in [5.74, 6) is 0.920. The van der Waals surface area contributed by atoms with Gasteiger partial charge in [-0.25, -0.2) is 0 Å². The number of amides is 1. The first-order chi connectivity index (χ1) is 7.70. The Morgan fingerprint density at radius 1 is 1.62 bits per heavy atom. The zero-order chi connectivity index (χ0) is 11.5. The molecule has 1 aliphatic heterocycles. The molecule has 2 N–H and O–H groups in total. The van der Waals surface area contributed by atoms with Crippen LogP contribution in [0.5, 0.6) is 0 Å². The number of piperidine rings is 1. The maximum atomic E-state index is 11.3. The highest BCUT2D eigenvalue weighted by Gasteiger charge is 2.25. The molecule has 0 aromatic carbocycles. The molecule has 0 radical (unpaired) electrons. The van der Waals surface area contributed by atoms with Gasteiger partial charge in [-0.15, -0.1) is 0 Å². The van der Waals surface area contributed by atoms with Crippen molar-refractivity contribution in [2.24, 2.45) is 5.92 Å². The Bertz CT molecular complexity index is 377. The summed E-state index contributed by atoms with van der Waals surface area (Å²) in [6.45, 7) is 3.15. The Hall–Kier alpha value is -1.43. The minimum absolute atomic E-state index is 0.0784. The van der Waals surface area contributed by atoms with Gasteiger partial charge in [0.1, 0.15) is 0 Å². The molecule has 0 saturated carbocycles. The van der Waals surface area contributed by atoms with Crippen LogP contribution in [0.25, 0.3) is 0 Å². The second kappa shape index (κ2) is 4.61. The second-order valence-corrected chi connectivity index (χ2v) is 4.17. The first kappa shape index (κ1) is 11.1. The lowest BCUT2D eigenvalue weighted by Crippen LogP contribution is -2.31. The van der Waals surface area contributed by atoms with Gasteiger partial charge >= 0.3 is 0 Å². The number of carbonyl (C=O) groups excluding carboxylic acids is 1. The normalized spacial score (nSPS) is 25.4. The predicted molar refractivity (Wildman–Crippen MR) is 56.8 cm³/mol. The lowest BCUT2D eigenvalue weighted by atomic mass is 9.94. The van der Waals surface area contributed by atoms with E-state index < -0.39 is 0 Å². The predicted octanol–water partition coefficient (Wildman–Crippen LogP) is 0.490. The molecule has 88 valence electrons. The third-order valence-corrected chi connectivity index (χ3v) is 2.84. The van der Waals surface area contributed by atoms with E-state index >= 15 is 0 Å². The standard InChI is InChI=1S/C10H16N4O2/c1-6-3-4-12-7(5-6)10-13-8(14-16-10)9(15)11-2/h6-7,12H,3-5H2,1-2H3,(H,11,15). The Morgan fingerprint density at radius 2 is 2.44 bits per heavy atom.